The number of benzene rings is 1. The van der Waals surface area contributed by atoms with Crippen LogP contribution in [0.2, 0.25) is 5.02 Å². The Morgan fingerprint density at radius 2 is 2.07 bits per heavy atom. The number of amides is 1. The Labute approximate surface area is 92.2 Å². The van der Waals surface area contributed by atoms with E-state index in [9.17, 15) is 4.79 Å². The van der Waals surface area contributed by atoms with Crippen LogP contribution in [0, 0.1) is 0 Å². The maximum absolute atomic E-state index is 11.4. The summed E-state index contributed by atoms with van der Waals surface area (Å²) in [6.45, 7) is 1.40. The fraction of sp³-hybridized carbons (Fsp3) is 0.222. The first-order chi connectivity index (χ1) is 6.41. The molecule has 0 saturated heterocycles. The molecule has 0 bridgehead atoms. The first kappa shape index (κ1) is 11.3. The number of rotatable bonds is 2. The van der Waals surface area contributed by atoms with Crippen molar-refractivity contribution in [1.29, 1.82) is 0 Å². The first-order valence-electron chi connectivity index (χ1n) is 3.95. The number of anilines is 1. The fourth-order valence-corrected chi connectivity index (χ4v) is 1.04. The highest BCUT2D eigenvalue weighted by atomic mass is 35.5. The van der Waals surface area contributed by atoms with E-state index < -0.39 is 10.9 Å². The van der Waals surface area contributed by atoms with E-state index >= 15 is 0 Å². The van der Waals surface area contributed by atoms with Gasteiger partial charge in [-0.15, -0.1) is 0 Å². The first-order valence-corrected chi connectivity index (χ1v) is 4.70. The summed E-state index contributed by atoms with van der Waals surface area (Å²) in [7, 11) is 0. The van der Waals surface area contributed by atoms with Gasteiger partial charge in [0.2, 0.25) is 0 Å². The number of carbonyl (C=O) groups is 1. The molecule has 0 aliphatic rings. The molecule has 3 nitrogen and oxygen atoms in total. The quantitative estimate of drug-likeness (QED) is 0.607. The van der Waals surface area contributed by atoms with Crippen LogP contribution in [0.15, 0.2) is 24.3 Å². The number of hydrogen-bond acceptors (Lipinski definition) is 2. The second kappa shape index (κ2) is 4.17. The third-order valence-electron chi connectivity index (χ3n) is 1.57. The van der Waals surface area contributed by atoms with Crippen molar-refractivity contribution in [2.75, 3.05) is 5.32 Å². The average molecular weight is 233 g/mol. The molecule has 0 radical (unpaired) electrons. The highest BCUT2D eigenvalue weighted by Crippen LogP contribution is 2.21. The van der Waals surface area contributed by atoms with E-state index in [-0.39, 0.29) is 0 Å². The van der Waals surface area contributed by atoms with Gasteiger partial charge in [-0.2, -0.15) is 0 Å². The molecule has 1 atom stereocenters. The van der Waals surface area contributed by atoms with E-state index in [0.29, 0.717) is 10.7 Å². The van der Waals surface area contributed by atoms with Crippen LogP contribution in [0.3, 0.4) is 0 Å². The summed E-state index contributed by atoms with van der Waals surface area (Å²) >= 11 is 11.4. The Hall–Kier alpha value is -0.770. The molecule has 5 heteroatoms. The van der Waals surface area contributed by atoms with Gasteiger partial charge in [0.15, 0.2) is 5.00 Å². The molecular formula is C9H10Cl2N2O. The summed E-state index contributed by atoms with van der Waals surface area (Å²) in [6, 6.07) is 6.85. The largest absolute Gasteiger partial charge is 0.322 e. The minimum atomic E-state index is -1.43. The molecule has 1 aromatic carbocycles. The number of nitrogens with one attached hydrogen (secondary N) is 1. The van der Waals surface area contributed by atoms with Crippen LogP contribution in [0.5, 0.6) is 0 Å². The van der Waals surface area contributed by atoms with Crippen molar-refractivity contribution in [2.45, 2.75) is 11.9 Å². The summed E-state index contributed by atoms with van der Waals surface area (Å²) in [5.74, 6) is -0.493. The molecular weight excluding hydrogens is 223 g/mol. The lowest BCUT2D eigenvalue weighted by atomic mass is 10.3. The van der Waals surface area contributed by atoms with Gasteiger partial charge in [0.05, 0.1) is 10.7 Å². The van der Waals surface area contributed by atoms with E-state index in [0.717, 1.165) is 0 Å². The van der Waals surface area contributed by atoms with Crippen LogP contribution in [0.4, 0.5) is 5.69 Å². The fourth-order valence-electron chi connectivity index (χ4n) is 0.807. The lowest BCUT2D eigenvalue weighted by molar-refractivity contribution is -0.118. The van der Waals surface area contributed by atoms with Gasteiger partial charge in [-0.1, -0.05) is 35.3 Å². The molecule has 1 amide bonds. The third-order valence-corrected chi connectivity index (χ3v) is 2.07. The van der Waals surface area contributed by atoms with Gasteiger partial charge in [0.25, 0.3) is 5.91 Å². The Bertz CT molecular complexity index is 347. The summed E-state index contributed by atoms with van der Waals surface area (Å²) in [4.78, 5) is 9.93. The molecule has 0 aromatic heterocycles. The molecule has 3 N–H and O–H groups in total. The van der Waals surface area contributed by atoms with Gasteiger partial charge in [-0.25, -0.2) is 0 Å². The Morgan fingerprint density at radius 3 is 2.57 bits per heavy atom. The monoisotopic (exact) mass is 232 g/mol. The summed E-state index contributed by atoms with van der Waals surface area (Å²) < 4.78 is 0. The zero-order valence-corrected chi connectivity index (χ0v) is 9.06. The summed E-state index contributed by atoms with van der Waals surface area (Å²) in [6.07, 6.45) is 0. The zero-order chi connectivity index (χ0) is 10.8. The van der Waals surface area contributed by atoms with Crippen molar-refractivity contribution in [3.63, 3.8) is 0 Å². The minimum Gasteiger partial charge on any atom is -0.322 e. The number of para-hydroxylation sites is 1. The molecule has 0 aliphatic carbocycles. The molecule has 1 rings (SSSR count). The maximum Gasteiger partial charge on any atom is 0.259 e. The smallest absolute Gasteiger partial charge is 0.259 e. The van der Waals surface area contributed by atoms with E-state index in [1.807, 2.05) is 0 Å². The highest BCUT2D eigenvalue weighted by molar-refractivity contribution is 6.37. The van der Waals surface area contributed by atoms with Gasteiger partial charge in [-0.3, -0.25) is 4.79 Å². The lowest BCUT2D eigenvalue weighted by Crippen LogP contribution is -2.43. The van der Waals surface area contributed by atoms with Crippen LogP contribution in [-0.2, 0) is 4.79 Å². The molecule has 14 heavy (non-hydrogen) atoms. The standard InChI is InChI=1S/C9H10Cl2N2O/c1-9(11,12)8(14)13-7-5-3-2-4-6(7)10/h2-5H,12H2,1H3,(H,13,14). The van der Waals surface area contributed by atoms with Gasteiger partial charge in [0.1, 0.15) is 0 Å². The van der Waals surface area contributed by atoms with Crippen LogP contribution in [0.25, 0.3) is 0 Å². The van der Waals surface area contributed by atoms with Crippen LogP contribution in [-0.4, -0.2) is 10.9 Å². The summed E-state index contributed by atoms with van der Waals surface area (Å²) in [5, 5.41) is 2.97. The van der Waals surface area contributed by atoms with Crippen LogP contribution < -0.4 is 11.1 Å². The highest BCUT2D eigenvalue weighted by Gasteiger charge is 2.25. The average Bonchev–Trinajstić information content (AvgIpc) is 2.07. The van der Waals surface area contributed by atoms with Crippen LogP contribution in [0.1, 0.15) is 6.92 Å². The van der Waals surface area contributed by atoms with Crippen molar-refractivity contribution >= 4 is 34.8 Å². The van der Waals surface area contributed by atoms with E-state index in [2.05, 4.69) is 5.32 Å². The van der Waals surface area contributed by atoms with E-state index in [1.54, 1.807) is 24.3 Å². The molecule has 0 aliphatic heterocycles. The van der Waals surface area contributed by atoms with Gasteiger partial charge in [-0.05, 0) is 19.1 Å². The van der Waals surface area contributed by atoms with Crippen molar-refractivity contribution in [3.05, 3.63) is 29.3 Å². The molecule has 1 aromatic rings. The van der Waals surface area contributed by atoms with E-state index in [1.165, 1.54) is 6.92 Å². The van der Waals surface area contributed by atoms with Gasteiger partial charge in [0, 0.05) is 0 Å². The Balaban J connectivity index is 2.80. The Kier molecular flexibility index (Phi) is 3.37. The zero-order valence-electron chi connectivity index (χ0n) is 7.55. The number of alkyl halides is 1. The molecule has 0 spiro atoms. The number of halogens is 2. The third kappa shape index (κ3) is 2.87. The second-order valence-corrected chi connectivity index (χ2v) is 4.20. The molecule has 0 saturated carbocycles. The van der Waals surface area contributed by atoms with Gasteiger partial charge < -0.3 is 11.1 Å². The van der Waals surface area contributed by atoms with E-state index in [4.69, 9.17) is 28.9 Å². The molecule has 1 unspecified atom stereocenters. The van der Waals surface area contributed by atoms with Crippen molar-refractivity contribution in [3.8, 4) is 0 Å². The second-order valence-electron chi connectivity index (χ2n) is 3.01. The predicted molar refractivity (Wildman–Crippen MR) is 58.5 cm³/mol. The molecule has 0 heterocycles. The SMILES string of the molecule is CC(N)(Cl)C(=O)Nc1ccccc1Cl. The van der Waals surface area contributed by atoms with Gasteiger partial charge >= 0.3 is 0 Å². The van der Waals surface area contributed by atoms with Crippen molar-refractivity contribution in [1.82, 2.24) is 0 Å². The molecule has 76 valence electrons. The number of hydrogen-bond donors (Lipinski definition) is 2. The summed E-state index contributed by atoms with van der Waals surface area (Å²) in [5.41, 5.74) is 5.88. The maximum atomic E-state index is 11.4. The number of carbonyl (C=O) groups excluding carboxylic acids is 1. The van der Waals surface area contributed by atoms with Crippen molar-refractivity contribution in [2.24, 2.45) is 5.73 Å². The van der Waals surface area contributed by atoms with Crippen LogP contribution >= 0.6 is 23.2 Å². The van der Waals surface area contributed by atoms with Crippen molar-refractivity contribution < 1.29 is 4.79 Å². The number of nitrogens with two attached hydrogens (primary N) is 1. The lowest BCUT2D eigenvalue weighted by Gasteiger charge is -2.15. The Morgan fingerprint density at radius 1 is 1.50 bits per heavy atom. The minimum absolute atomic E-state index is 0.446. The normalized spacial score (nSPS) is 14.6. The topological polar surface area (TPSA) is 55.1 Å². The predicted octanol–water partition coefficient (Wildman–Crippen LogP) is 2.19. The molecule has 0 fully saturated rings.